The van der Waals surface area contributed by atoms with Gasteiger partial charge in [-0.25, -0.2) is 13.1 Å². The van der Waals surface area contributed by atoms with E-state index >= 15 is 0 Å². The average Bonchev–Trinajstić information content (AvgIpc) is 2.86. The third-order valence-electron chi connectivity index (χ3n) is 2.99. The van der Waals surface area contributed by atoms with Crippen LogP contribution in [-0.4, -0.2) is 34.3 Å². The van der Waals surface area contributed by atoms with Crippen molar-refractivity contribution in [2.75, 3.05) is 25.9 Å². The number of hydrogen-bond donors (Lipinski definition) is 2. The molecule has 0 radical (unpaired) electrons. The van der Waals surface area contributed by atoms with Gasteiger partial charge >= 0.3 is 0 Å². The van der Waals surface area contributed by atoms with Gasteiger partial charge in [-0.1, -0.05) is 6.07 Å². The van der Waals surface area contributed by atoms with Gasteiger partial charge < -0.3 is 5.32 Å². The van der Waals surface area contributed by atoms with Crippen molar-refractivity contribution < 1.29 is 8.42 Å². The molecule has 1 aliphatic heterocycles. The van der Waals surface area contributed by atoms with E-state index in [1.54, 1.807) is 11.3 Å². The highest BCUT2D eigenvalue weighted by Gasteiger charge is 2.32. The van der Waals surface area contributed by atoms with Crippen molar-refractivity contribution >= 4 is 33.8 Å². The van der Waals surface area contributed by atoms with Crippen LogP contribution in [0.25, 0.3) is 0 Å². The van der Waals surface area contributed by atoms with E-state index in [1.165, 1.54) is 11.9 Å². The van der Waals surface area contributed by atoms with Crippen LogP contribution in [0.5, 0.6) is 0 Å². The predicted molar refractivity (Wildman–Crippen MR) is 73.5 cm³/mol. The van der Waals surface area contributed by atoms with E-state index in [0.717, 1.165) is 13.1 Å². The minimum Gasteiger partial charge on any atom is -0.316 e. The molecule has 2 rings (SSSR count). The van der Waals surface area contributed by atoms with Gasteiger partial charge in [-0.15, -0.1) is 23.7 Å². The van der Waals surface area contributed by atoms with Crippen molar-refractivity contribution in [3.05, 3.63) is 22.4 Å². The summed E-state index contributed by atoms with van der Waals surface area (Å²) in [5.74, 6) is 0.721. The lowest BCUT2D eigenvalue weighted by molar-refractivity contribution is 0.540. The van der Waals surface area contributed by atoms with Crippen molar-refractivity contribution in [3.8, 4) is 0 Å². The van der Waals surface area contributed by atoms with E-state index in [1.807, 2.05) is 11.4 Å². The Balaban J connectivity index is 0.00000144. The molecule has 0 bridgehead atoms. The van der Waals surface area contributed by atoms with Crippen LogP contribution in [0.1, 0.15) is 10.8 Å². The smallest absolute Gasteiger partial charge is 0.211 e. The molecule has 1 aromatic heterocycles. The quantitative estimate of drug-likeness (QED) is 0.872. The van der Waals surface area contributed by atoms with E-state index in [0.29, 0.717) is 5.92 Å². The summed E-state index contributed by atoms with van der Waals surface area (Å²) in [5, 5.41) is 5.31. The van der Waals surface area contributed by atoms with E-state index in [9.17, 15) is 8.42 Å². The lowest BCUT2D eigenvalue weighted by Gasteiger charge is -2.16. The Kier molecular flexibility index (Phi) is 5.40. The fraction of sp³-hybridized carbons (Fsp3) is 0.600. The molecule has 0 aromatic carbocycles. The standard InChI is InChI=1S/C10H16N2O2S2.ClH/c1-11-16(13,14)7-8-5-12-6-9(8)10-3-2-4-15-10;/h2-4,8-9,11-12H,5-7H2,1H3;1H. The maximum absolute atomic E-state index is 11.5. The predicted octanol–water partition coefficient (Wildman–Crippen LogP) is 1.02. The third-order valence-corrected chi connectivity index (χ3v) is 5.49. The zero-order chi connectivity index (χ0) is 11.6. The molecule has 2 atom stereocenters. The second-order valence-corrected chi connectivity index (χ2v) is 6.98. The molecule has 17 heavy (non-hydrogen) atoms. The highest BCUT2D eigenvalue weighted by molar-refractivity contribution is 7.89. The van der Waals surface area contributed by atoms with Crippen molar-refractivity contribution in [3.63, 3.8) is 0 Å². The fourth-order valence-electron chi connectivity index (χ4n) is 2.11. The molecule has 0 amide bonds. The van der Waals surface area contributed by atoms with Gasteiger partial charge in [0.15, 0.2) is 0 Å². The Morgan fingerprint density at radius 1 is 1.53 bits per heavy atom. The molecule has 2 unspecified atom stereocenters. The molecular formula is C10H17ClN2O2S2. The number of thiophene rings is 1. The first-order valence-corrected chi connectivity index (χ1v) is 7.81. The summed E-state index contributed by atoms with van der Waals surface area (Å²) >= 11 is 1.70. The monoisotopic (exact) mass is 296 g/mol. The molecule has 0 aliphatic carbocycles. The molecule has 98 valence electrons. The Hall–Kier alpha value is -0.140. The normalized spacial score (nSPS) is 24.5. The average molecular weight is 297 g/mol. The number of hydrogen-bond acceptors (Lipinski definition) is 4. The SMILES string of the molecule is CNS(=O)(=O)CC1CNCC1c1cccs1.Cl. The Morgan fingerprint density at radius 2 is 2.29 bits per heavy atom. The van der Waals surface area contributed by atoms with Gasteiger partial charge in [0.1, 0.15) is 0 Å². The topological polar surface area (TPSA) is 58.2 Å². The minimum absolute atomic E-state index is 0. The fourth-order valence-corrected chi connectivity index (χ4v) is 4.11. The van der Waals surface area contributed by atoms with Crippen LogP contribution in [0.4, 0.5) is 0 Å². The Labute approximate surface area is 112 Å². The van der Waals surface area contributed by atoms with Crippen LogP contribution in [0.2, 0.25) is 0 Å². The molecule has 7 heteroatoms. The van der Waals surface area contributed by atoms with Gasteiger partial charge in [0.2, 0.25) is 10.0 Å². The molecule has 1 aliphatic rings. The maximum Gasteiger partial charge on any atom is 0.211 e. The molecule has 2 heterocycles. The largest absolute Gasteiger partial charge is 0.316 e. The molecule has 0 spiro atoms. The van der Waals surface area contributed by atoms with Crippen LogP contribution >= 0.6 is 23.7 Å². The van der Waals surface area contributed by atoms with E-state index in [4.69, 9.17) is 0 Å². The van der Waals surface area contributed by atoms with Crippen molar-refractivity contribution in [1.29, 1.82) is 0 Å². The lowest BCUT2D eigenvalue weighted by atomic mass is 9.96. The first-order chi connectivity index (χ1) is 7.62. The molecule has 1 aromatic rings. The summed E-state index contributed by atoms with van der Waals surface area (Å²) in [4.78, 5) is 1.28. The summed E-state index contributed by atoms with van der Waals surface area (Å²) < 4.78 is 25.5. The highest BCUT2D eigenvalue weighted by atomic mass is 35.5. The molecule has 2 N–H and O–H groups in total. The Morgan fingerprint density at radius 3 is 2.88 bits per heavy atom. The first-order valence-electron chi connectivity index (χ1n) is 5.28. The van der Waals surface area contributed by atoms with E-state index in [2.05, 4.69) is 16.1 Å². The summed E-state index contributed by atoms with van der Waals surface area (Å²) in [5.41, 5.74) is 0. The molecule has 4 nitrogen and oxygen atoms in total. The van der Waals surface area contributed by atoms with E-state index in [-0.39, 0.29) is 24.1 Å². The number of rotatable bonds is 4. The zero-order valence-electron chi connectivity index (χ0n) is 9.55. The second kappa shape index (κ2) is 6.15. The van der Waals surface area contributed by atoms with Crippen LogP contribution in [0.3, 0.4) is 0 Å². The molecule has 1 fully saturated rings. The van der Waals surface area contributed by atoms with Gasteiger partial charge in [-0.2, -0.15) is 0 Å². The summed E-state index contributed by atoms with van der Waals surface area (Å²) in [6.07, 6.45) is 0. The summed E-state index contributed by atoms with van der Waals surface area (Å²) in [7, 11) is -1.64. The second-order valence-electron chi connectivity index (χ2n) is 4.03. The number of nitrogens with one attached hydrogen (secondary N) is 2. The minimum atomic E-state index is -3.11. The van der Waals surface area contributed by atoms with Gasteiger partial charge in [0, 0.05) is 17.3 Å². The van der Waals surface area contributed by atoms with Crippen LogP contribution in [0, 0.1) is 5.92 Å². The number of halogens is 1. The van der Waals surface area contributed by atoms with Gasteiger partial charge in [-0.3, -0.25) is 0 Å². The van der Waals surface area contributed by atoms with Crippen LogP contribution < -0.4 is 10.0 Å². The maximum atomic E-state index is 11.5. The van der Waals surface area contributed by atoms with Crippen molar-refractivity contribution in [2.45, 2.75) is 5.92 Å². The van der Waals surface area contributed by atoms with E-state index < -0.39 is 10.0 Å². The van der Waals surface area contributed by atoms with Gasteiger partial charge in [0.25, 0.3) is 0 Å². The van der Waals surface area contributed by atoms with Gasteiger partial charge in [-0.05, 0) is 31.0 Å². The van der Waals surface area contributed by atoms with Crippen LogP contribution in [-0.2, 0) is 10.0 Å². The summed E-state index contributed by atoms with van der Waals surface area (Å²) in [6.45, 7) is 1.66. The van der Waals surface area contributed by atoms with Crippen molar-refractivity contribution in [1.82, 2.24) is 10.0 Å². The highest BCUT2D eigenvalue weighted by Crippen LogP contribution is 2.31. The zero-order valence-corrected chi connectivity index (χ0v) is 12.0. The first kappa shape index (κ1) is 14.9. The lowest BCUT2D eigenvalue weighted by Crippen LogP contribution is -2.29. The third kappa shape index (κ3) is 3.66. The molecule has 0 saturated carbocycles. The van der Waals surface area contributed by atoms with Crippen molar-refractivity contribution in [2.24, 2.45) is 5.92 Å². The molecule has 1 saturated heterocycles. The number of sulfonamides is 1. The Bertz CT molecular complexity index is 433. The van der Waals surface area contributed by atoms with Crippen LogP contribution in [0.15, 0.2) is 17.5 Å². The summed E-state index contributed by atoms with van der Waals surface area (Å²) in [6, 6.07) is 4.10. The molecular weight excluding hydrogens is 280 g/mol. The van der Waals surface area contributed by atoms with Gasteiger partial charge in [0.05, 0.1) is 5.75 Å².